The standard InChI is InChI=1S/C16H19Cl2NO5S/c17-11-3-4-14(12(18)7-11)23-8-16(20)24-15-10-25(21,22)9-13(15)19-5-1-2-6-19/h3-4,7,13,15H,1-2,5-6,8-10H2. The Hall–Kier alpha value is -1.02. The average molecular weight is 408 g/mol. The molecule has 2 aliphatic rings. The van der Waals surface area contributed by atoms with Gasteiger partial charge in [-0.3, -0.25) is 4.90 Å². The molecule has 2 atom stereocenters. The minimum absolute atomic E-state index is 0.0365. The van der Waals surface area contributed by atoms with Crippen LogP contribution in [0.25, 0.3) is 0 Å². The van der Waals surface area contributed by atoms with Crippen molar-refractivity contribution in [3.63, 3.8) is 0 Å². The number of benzene rings is 1. The van der Waals surface area contributed by atoms with E-state index in [9.17, 15) is 13.2 Å². The summed E-state index contributed by atoms with van der Waals surface area (Å²) in [5.41, 5.74) is 0. The average Bonchev–Trinajstić information content (AvgIpc) is 3.14. The van der Waals surface area contributed by atoms with Crippen LogP contribution in [0.4, 0.5) is 0 Å². The van der Waals surface area contributed by atoms with Crippen LogP contribution in [0.2, 0.25) is 10.0 Å². The normalized spacial score (nSPS) is 25.8. The number of carbonyl (C=O) groups excluding carboxylic acids is 1. The predicted molar refractivity (Wildman–Crippen MR) is 95.1 cm³/mol. The van der Waals surface area contributed by atoms with E-state index < -0.39 is 21.9 Å². The molecule has 9 heteroatoms. The van der Waals surface area contributed by atoms with Crippen molar-refractivity contribution in [1.82, 2.24) is 4.90 Å². The van der Waals surface area contributed by atoms with Gasteiger partial charge in [-0.1, -0.05) is 23.2 Å². The van der Waals surface area contributed by atoms with Crippen LogP contribution in [-0.2, 0) is 19.4 Å². The highest BCUT2D eigenvalue weighted by molar-refractivity contribution is 7.91. The van der Waals surface area contributed by atoms with Gasteiger partial charge in [0.15, 0.2) is 16.4 Å². The fourth-order valence-electron chi connectivity index (χ4n) is 3.26. The molecular weight excluding hydrogens is 389 g/mol. The number of hydrogen-bond donors (Lipinski definition) is 0. The summed E-state index contributed by atoms with van der Waals surface area (Å²) in [6, 6.07) is 4.40. The zero-order chi connectivity index (χ0) is 18.0. The minimum Gasteiger partial charge on any atom is -0.480 e. The molecule has 0 bridgehead atoms. The summed E-state index contributed by atoms with van der Waals surface area (Å²) in [4.78, 5) is 14.2. The third-order valence-corrected chi connectivity index (χ3v) is 6.62. The van der Waals surface area contributed by atoms with E-state index in [1.165, 1.54) is 6.07 Å². The number of nitrogens with zero attached hydrogens (tertiary/aromatic N) is 1. The maximum atomic E-state index is 12.1. The molecule has 0 aliphatic carbocycles. The molecule has 0 amide bonds. The second kappa shape index (κ2) is 7.70. The highest BCUT2D eigenvalue weighted by atomic mass is 35.5. The van der Waals surface area contributed by atoms with Crippen molar-refractivity contribution in [3.05, 3.63) is 28.2 Å². The van der Waals surface area contributed by atoms with Gasteiger partial charge in [-0.05, 0) is 44.1 Å². The Morgan fingerprint density at radius 2 is 1.92 bits per heavy atom. The molecular formula is C16H19Cl2NO5S. The van der Waals surface area contributed by atoms with Crippen LogP contribution in [0.3, 0.4) is 0 Å². The van der Waals surface area contributed by atoms with Crippen LogP contribution in [0.5, 0.6) is 5.75 Å². The van der Waals surface area contributed by atoms with Gasteiger partial charge in [-0.2, -0.15) is 0 Å². The third-order valence-electron chi connectivity index (χ3n) is 4.40. The first kappa shape index (κ1) is 18.8. The van der Waals surface area contributed by atoms with E-state index in [2.05, 4.69) is 4.90 Å². The van der Waals surface area contributed by atoms with Crippen molar-refractivity contribution in [3.8, 4) is 5.75 Å². The second-order valence-corrected chi connectivity index (χ2v) is 9.28. The molecule has 2 saturated heterocycles. The molecule has 2 fully saturated rings. The van der Waals surface area contributed by atoms with Crippen LogP contribution in [0.15, 0.2) is 18.2 Å². The summed E-state index contributed by atoms with van der Waals surface area (Å²) in [6.07, 6.45) is 1.42. The quantitative estimate of drug-likeness (QED) is 0.696. The summed E-state index contributed by atoms with van der Waals surface area (Å²) in [5, 5.41) is 0.753. The number of esters is 1. The van der Waals surface area contributed by atoms with Gasteiger partial charge in [0.1, 0.15) is 11.9 Å². The molecule has 3 rings (SSSR count). The molecule has 0 N–H and O–H groups in total. The van der Waals surface area contributed by atoms with E-state index in [0.29, 0.717) is 15.8 Å². The Labute approximate surface area is 156 Å². The number of likely N-dealkylation sites (tertiary alicyclic amines) is 1. The molecule has 0 spiro atoms. The maximum Gasteiger partial charge on any atom is 0.344 e. The Morgan fingerprint density at radius 3 is 2.60 bits per heavy atom. The van der Waals surface area contributed by atoms with Crippen molar-refractivity contribution in [1.29, 1.82) is 0 Å². The van der Waals surface area contributed by atoms with Gasteiger partial charge in [-0.25, -0.2) is 13.2 Å². The Kier molecular flexibility index (Phi) is 5.78. The maximum absolute atomic E-state index is 12.1. The summed E-state index contributed by atoms with van der Waals surface area (Å²) >= 11 is 11.8. The minimum atomic E-state index is -3.20. The number of ether oxygens (including phenoxy) is 2. The topological polar surface area (TPSA) is 72.9 Å². The van der Waals surface area contributed by atoms with E-state index in [1.54, 1.807) is 12.1 Å². The van der Waals surface area contributed by atoms with Crippen LogP contribution in [0, 0.1) is 0 Å². The van der Waals surface area contributed by atoms with Crippen LogP contribution in [-0.4, -0.2) is 62.6 Å². The highest BCUT2D eigenvalue weighted by Gasteiger charge is 2.43. The van der Waals surface area contributed by atoms with Crippen molar-refractivity contribution in [2.24, 2.45) is 0 Å². The molecule has 138 valence electrons. The predicted octanol–water partition coefficient (Wildman–Crippen LogP) is 2.18. The Bertz CT molecular complexity index is 749. The van der Waals surface area contributed by atoms with E-state index in [4.69, 9.17) is 32.7 Å². The first-order chi connectivity index (χ1) is 11.8. The van der Waals surface area contributed by atoms with Gasteiger partial charge in [0.25, 0.3) is 0 Å². The lowest BCUT2D eigenvalue weighted by molar-refractivity contribution is -0.152. The lowest BCUT2D eigenvalue weighted by Gasteiger charge is -2.27. The number of sulfone groups is 1. The molecule has 25 heavy (non-hydrogen) atoms. The van der Waals surface area contributed by atoms with Crippen LogP contribution < -0.4 is 4.74 Å². The van der Waals surface area contributed by atoms with Gasteiger partial charge in [-0.15, -0.1) is 0 Å². The highest BCUT2D eigenvalue weighted by Crippen LogP contribution is 2.28. The summed E-state index contributed by atoms with van der Waals surface area (Å²) < 4.78 is 34.7. The second-order valence-electron chi connectivity index (χ2n) is 6.28. The summed E-state index contributed by atoms with van der Waals surface area (Å²) in [7, 11) is -3.20. The van der Waals surface area contributed by atoms with Gasteiger partial charge in [0.05, 0.1) is 22.6 Å². The first-order valence-electron chi connectivity index (χ1n) is 8.06. The molecule has 1 aromatic rings. The largest absolute Gasteiger partial charge is 0.480 e. The molecule has 0 radical (unpaired) electrons. The van der Waals surface area contributed by atoms with Gasteiger partial charge < -0.3 is 9.47 Å². The molecule has 2 heterocycles. The molecule has 2 unspecified atom stereocenters. The summed E-state index contributed by atoms with van der Waals surface area (Å²) in [5.74, 6) is -0.397. The molecule has 6 nitrogen and oxygen atoms in total. The van der Waals surface area contributed by atoms with Crippen molar-refractivity contribution in [2.75, 3.05) is 31.2 Å². The van der Waals surface area contributed by atoms with Crippen molar-refractivity contribution >= 4 is 39.0 Å². The van der Waals surface area contributed by atoms with Crippen molar-refractivity contribution < 1.29 is 22.7 Å². The van der Waals surface area contributed by atoms with Gasteiger partial charge in [0.2, 0.25) is 0 Å². The number of rotatable bonds is 5. The Morgan fingerprint density at radius 1 is 1.20 bits per heavy atom. The molecule has 0 saturated carbocycles. The van der Waals surface area contributed by atoms with Crippen molar-refractivity contribution in [2.45, 2.75) is 25.0 Å². The van der Waals surface area contributed by atoms with E-state index in [0.717, 1.165) is 25.9 Å². The molecule has 0 aromatic heterocycles. The van der Waals surface area contributed by atoms with E-state index in [-0.39, 0.29) is 24.2 Å². The molecule has 2 aliphatic heterocycles. The van der Waals surface area contributed by atoms with Crippen LogP contribution in [0.1, 0.15) is 12.8 Å². The summed E-state index contributed by atoms with van der Waals surface area (Å²) in [6.45, 7) is 1.33. The number of hydrogen-bond acceptors (Lipinski definition) is 6. The van der Waals surface area contributed by atoms with Crippen LogP contribution >= 0.6 is 23.2 Å². The van der Waals surface area contributed by atoms with Gasteiger partial charge in [0, 0.05) is 5.02 Å². The number of carbonyl (C=O) groups is 1. The molecule has 1 aromatic carbocycles. The zero-order valence-electron chi connectivity index (χ0n) is 13.5. The Balaban J connectivity index is 1.59. The smallest absolute Gasteiger partial charge is 0.344 e. The zero-order valence-corrected chi connectivity index (χ0v) is 15.8. The lowest BCUT2D eigenvalue weighted by Crippen LogP contribution is -2.43. The monoisotopic (exact) mass is 407 g/mol. The SMILES string of the molecule is O=C(COc1ccc(Cl)cc1Cl)OC1CS(=O)(=O)CC1N1CCCC1. The first-order valence-corrected chi connectivity index (χ1v) is 10.6. The number of halogens is 2. The lowest BCUT2D eigenvalue weighted by atomic mass is 10.2. The fraction of sp³-hybridized carbons (Fsp3) is 0.562. The van der Waals surface area contributed by atoms with E-state index in [1.807, 2.05) is 0 Å². The third kappa shape index (κ3) is 4.78. The fourth-order valence-corrected chi connectivity index (χ4v) is 5.59. The van der Waals surface area contributed by atoms with Gasteiger partial charge >= 0.3 is 5.97 Å². The van der Waals surface area contributed by atoms with E-state index >= 15 is 0 Å².